The van der Waals surface area contributed by atoms with E-state index in [0.717, 1.165) is 38.6 Å². The first-order chi connectivity index (χ1) is 18.9. The van der Waals surface area contributed by atoms with Gasteiger partial charge in [-0.05, 0) is 70.9 Å². The van der Waals surface area contributed by atoms with Gasteiger partial charge in [0.2, 0.25) is 5.91 Å². The predicted molar refractivity (Wildman–Crippen MR) is 154 cm³/mol. The molecule has 0 radical (unpaired) electrons. The van der Waals surface area contributed by atoms with E-state index in [9.17, 15) is 14.4 Å². The number of benzene rings is 4. The minimum absolute atomic E-state index is 0.231. The smallest absolute Gasteiger partial charge is 0.294 e. The lowest BCUT2D eigenvalue weighted by atomic mass is 10.1. The number of imide groups is 1. The van der Waals surface area contributed by atoms with Gasteiger partial charge in [0.15, 0.2) is 11.5 Å². The summed E-state index contributed by atoms with van der Waals surface area (Å²) < 4.78 is 11.6. The van der Waals surface area contributed by atoms with Crippen LogP contribution in [0.1, 0.15) is 16.7 Å². The summed E-state index contributed by atoms with van der Waals surface area (Å²) >= 11 is 0.800. The number of methoxy groups -OCH3 is 1. The van der Waals surface area contributed by atoms with Crippen LogP contribution < -0.4 is 14.8 Å². The van der Waals surface area contributed by atoms with Gasteiger partial charge in [-0.1, -0.05) is 66.2 Å². The number of rotatable bonds is 8. The SMILES string of the molecule is COc1cc(/C=C2/SC(=O)N(CC(=O)Nc3ccc(C)cc3)C2=O)ccc1OCc1cccc2ccccc12. The van der Waals surface area contributed by atoms with E-state index in [1.54, 1.807) is 43.5 Å². The number of nitrogens with one attached hydrogen (secondary N) is 1. The van der Waals surface area contributed by atoms with Crippen LogP contribution in [-0.4, -0.2) is 35.6 Å². The van der Waals surface area contributed by atoms with E-state index >= 15 is 0 Å². The summed E-state index contributed by atoms with van der Waals surface area (Å²) in [5.41, 5.74) is 3.38. The molecule has 1 aliphatic heterocycles. The van der Waals surface area contributed by atoms with Crippen molar-refractivity contribution in [2.24, 2.45) is 0 Å². The first-order valence-electron chi connectivity index (χ1n) is 12.3. The van der Waals surface area contributed by atoms with Crippen LogP contribution >= 0.6 is 11.8 Å². The van der Waals surface area contributed by atoms with Gasteiger partial charge in [0.1, 0.15) is 13.2 Å². The van der Waals surface area contributed by atoms with Crippen LogP contribution in [0.25, 0.3) is 16.8 Å². The van der Waals surface area contributed by atoms with Gasteiger partial charge in [0.05, 0.1) is 12.0 Å². The van der Waals surface area contributed by atoms with E-state index in [2.05, 4.69) is 23.5 Å². The van der Waals surface area contributed by atoms with Crippen molar-refractivity contribution in [1.29, 1.82) is 0 Å². The number of nitrogens with zero attached hydrogens (tertiary/aromatic N) is 1. The van der Waals surface area contributed by atoms with E-state index in [1.807, 2.05) is 43.3 Å². The zero-order valence-corrected chi connectivity index (χ0v) is 22.3. The standard InChI is InChI=1S/C31H26N2O5S/c1-20-10-13-24(14-11-20)32-29(34)18-33-30(35)28(39-31(33)36)17-21-12-15-26(27(16-21)37-2)38-19-23-8-5-7-22-6-3-4-9-25(22)23/h3-17H,18-19H2,1-2H3,(H,32,34)/b28-17+. The number of aryl methyl sites for hydroxylation is 1. The van der Waals surface area contributed by atoms with Crippen LogP contribution in [0, 0.1) is 6.92 Å². The highest BCUT2D eigenvalue weighted by molar-refractivity contribution is 8.18. The fourth-order valence-electron chi connectivity index (χ4n) is 4.24. The van der Waals surface area contributed by atoms with Gasteiger partial charge in [-0.2, -0.15) is 0 Å². The van der Waals surface area contributed by atoms with Gasteiger partial charge in [0, 0.05) is 5.69 Å². The molecule has 0 saturated carbocycles. The van der Waals surface area contributed by atoms with Crippen molar-refractivity contribution in [3.05, 3.63) is 107 Å². The zero-order chi connectivity index (χ0) is 27.4. The molecule has 0 bridgehead atoms. The first-order valence-corrected chi connectivity index (χ1v) is 13.1. The number of hydrogen-bond donors (Lipinski definition) is 1. The molecular formula is C31H26N2O5S. The van der Waals surface area contributed by atoms with Crippen LogP contribution in [0.4, 0.5) is 10.5 Å². The molecule has 5 rings (SSSR count). The van der Waals surface area contributed by atoms with E-state index in [0.29, 0.717) is 29.4 Å². The Morgan fingerprint density at radius 2 is 1.72 bits per heavy atom. The number of carbonyl (C=O) groups excluding carboxylic acids is 3. The van der Waals surface area contributed by atoms with Crippen LogP contribution in [0.3, 0.4) is 0 Å². The minimum atomic E-state index is -0.515. The second kappa shape index (κ2) is 11.4. The normalized spacial score (nSPS) is 14.2. The molecule has 39 heavy (non-hydrogen) atoms. The molecule has 0 atom stereocenters. The summed E-state index contributed by atoms with van der Waals surface area (Å²) in [6.45, 7) is 1.95. The highest BCUT2D eigenvalue weighted by Gasteiger charge is 2.36. The van der Waals surface area contributed by atoms with E-state index in [1.165, 1.54) is 0 Å². The topological polar surface area (TPSA) is 84.9 Å². The van der Waals surface area contributed by atoms with Gasteiger partial charge in [0.25, 0.3) is 11.1 Å². The maximum atomic E-state index is 12.9. The fraction of sp³-hybridized carbons (Fsp3) is 0.129. The quantitative estimate of drug-likeness (QED) is 0.261. The average molecular weight is 539 g/mol. The van der Waals surface area contributed by atoms with Gasteiger partial charge < -0.3 is 14.8 Å². The second-order valence-corrected chi connectivity index (χ2v) is 10.0. The van der Waals surface area contributed by atoms with Crippen molar-refractivity contribution in [3.63, 3.8) is 0 Å². The first kappa shape index (κ1) is 26.1. The molecule has 1 N–H and O–H groups in total. The monoisotopic (exact) mass is 538 g/mol. The van der Waals surface area contributed by atoms with Crippen LogP contribution in [0.5, 0.6) is 11.5 Å². The van der Waals surface area contributed by atoms with E-state index in [-0.39, 0.29) is 11.4 Å². The highest BCUT2D eigenvalue weighted by Crippen LogP contribution is 2.35. The summed E-state index contributed by atoms with van der Waals surface area (Å²) in [4.78, 5) is 39.1. The number of thioether (sulfide) groups is 1. The summed E-state index contributed by atoms with van der Waals surface area (Å²) in [6, 6.07) is 26.8. The van der Waals surface area contributed by atoms with E-state index < -0.39 is 17.1 Å². The van der Waals surface area contributed by atoms with Crippen molar-refractivity contribution in [1.82, 2.24) is 4.90 Å². The lowest BCUT2D eigenvalue weighted by Gasteiger charge is -2.13. The number of hydrogen-bond acceptors (Lipinski definition) is 6. The Labute approximate surface area is 230 Å². The Morgan fingerprint density at radius 3 is 2.51 bits per heavy atom. The van der Waals surface area contributed by atoms with E-state index in [4.69, 9.17) is 9.47 Å². The molecule has 1 aliphatic rings. The fourth-order valence-corrected chi connectivity index (χ4v) is 5.07. The zero-order valence-electron chi connectivity index (χ0n) is 21.5. The average Bonchev–Trinajstić information content (AvgIpc) is 3.20. The number of ether oxygens (including phenoxy) is 2. The molecule has 0 aliphatic carbocycles. The molecule has 4 aromatic carbocycles. The van der Waals surface area contributed by atoms with Crippen LogP contribution in [0.15, 0.2) is 89.8 Å². The maximum absolute atomic E-state index is 12.9. The van der Waals surface area contributed by atoms with Gasteiger partial charge in [-0.25, -0.2) is 0 Å². The third kappa shape index (κ3) is 5.97. The summed E-state index contributed by atoms with van der Waals surface area (Å²) in [7, 11) is 1.55. The Hall–Kier alpha value is -4.56. The molecule has 1 saturated heterocycles. The Kier molecular flexibility index (Phi) is 7.65. The number of fused-ring (bicyclic) bond motifs is 1. The molecule has 196 valence electrons. The molecule has 0 aromatic heterocycles. The molecular weight excluding hydrogens is 512 g/mol. The summed E-state index contributed by atoms with van der Waals surface area (Å²) in [6.07, 6.45) is 1.61. The van der Waals surface area contributed by atoms with Crippen molar-refractivity contribution in [2.75, 3.05) is 19.0 Å². The maximum Gasteiger partial charge on any atom is 0.294 e. The summed E-state index contributed by atoms with van der Waals surface area (Å²) in [5.74, 6) is 0.0974. The number of anilines is 1. The summed E-state index contributed by atoms with van der Waals surface area (Å²) in [5, 5.41) is 4.48. The number of carbonyl (C=O) groups is 3. The third-order valence-electron chi connectivity index (χ3n) is 6.26. The van der Waals surface area contributed by atoms with Crippen molar-refractivity contribution < 1.29 is 23.9 Å². The Bertz CT molecular complexity index is 1590. The van der Waals surface area contributed by atoms with Crippen LogP contribution in [0.2, 0.25) is 0 Å². The molecule has 0 spiro atoms. The largest absolute Gasteiger partial charge is 0.493 e. The molecule has 7 nitrogen and oxygen atoms in total. The lowest BCUT2D eigenvalue weighted by molar-refractivity contribution is -0.127. The van der Waals surface area contributed by atoms with Crippen molar-refractivity contribution in [3.8, 4) is 11.5 Å². The van der Waals surface area contributed by atoms with Crippen LogP contribution in [-0.2, 0) is 16.2 Å². The highest BCUT2D eigenvalue weighted by atomic mass is 32.2. The molecule has 0 unspecified atom stereocenters. The predicted octanol–water partition coefficient (Wildman–Crippen LogP) is 6.41. The minimum Gasteiger partial charge on any atom is -0.493 e. The number of amides is 3. The second-order valence-electron chi connectivity index (χ2n) is 9.02. The van der Waals surface area contributed by atoms with Crippen molar-refractivity contribution >= 4 is 51.4 Å². The molecule has 3 amide bonds. The molecule has 8 heteroatoms. The molecule has 1 heterocycles. The van der Waals surface area contributed by atoms with Crippen molar-refractivity contribution in [2.45, 2.75) is 13.5 Å². The van der Waals surface area contributed by atoms with Gasteiger partial charge >= 0.3 is 0 Å². The van der Waals surface area contributed by atoms with Gasteiger partial charge in [-0.3, -0.25) is 19.3 Å². The Morgan fingerprint density at radius 1 is 0.949 bits per heavy atom. The van der Waals surface area contributed by atoms with Gasteiger partial charge in [-0.15, -0.1) is 0 Å². The molecule has 4 aromatic rings. The Balaban J connectivity index is 1.26. The third-order valence-corrected chi connectivity index (χ3v) is 7.17. The molecule has 1 fully saturated rings. The lowest BCUT2D eigenvalue weighted by Crippen LogP contribution is -2.36.